The van der Waals surface area contributed by atoms with Crippen LogP contribution in [0.1, 0.15) is 38.7 Å². The summed E-state index contributed by atoms with van der Waals surface area (Å²) in [5, 5.41) is 3.11. The summed E-state index contributed by atoms with van der Waals surface area (Å²) in [4.78, 5) is 16.6. The standard InChI is InChI=1S/C21H36N4O3S/c1-4-12-24(13-5-6-14-25-15-11-23-17-21(25)26)18(2)16-19-7-9-20(10-8-19)29(27,28)22-3/h7-10,18,22-23H,4-6,11-17H2,1-3H3. The van der Waals surface area contributed by atoms with Crippen molar-refractivity contribution in [3.63, 3.8) is 0 Å². The first kappa shape index (κ1) is 23.8. The van der Waals surface area contributed by atoms with Crippen molar-refractivity contribution < 1.29 is 13.2 Å². The van der Waals surface area contributed by atoms with Gasteiger partial charge in [-0.15, -0.1) is 0 Å². The predicted molar refractivity (Wildman–Crippen MR) is 116 cm³/mol. The summed E-state index contributed by atoms with van der Waals surface area (Å²) in [6, 6.07) is 7.52. The molecule has 0 aliphatic carbocycles. The van der Waals surface area contributed by atoms with Crippen LogP contribution in [-0.4, -0.2) is 76.5 Å². The molecule has 1 aliphatic rings. The molecule has 29 heavy (non-hydrogen) atoms. The maximum atomic E-state index is 11.9. The molecule has 1 unspecified atom stereocenters. The Balaban J connectivity index is 1.83. The van der Waals surface area contributed by atoms with Gasteiger partial charge >= 0.3 is 0 Å². The Morgan fingerprint density at radius 3 is 2.55 bits per heavy atom. The molecule has 1 aromatic carbocycles. The number of hydrogen-bond donors (Lipinski definition) is 2. The van der Waals surface area contributed by atoms with E-state index in [0.29, 0.717) is 17.5 Å². The molecule has 1 amide bonds. The quantitative estimate of drug-likeness (QED) is 0.497. The number of carbonyl (C=O) groups is 1. The van der Waals surface area contributed by atoms with Crippen molar-refractivity contribution in [2.75, 3.05) is 46.3 Å². The molecule has 0 saturated carbocycles. The Kier molecular flexibility index (Phi) is 9.55. The summed E-state index contributed by atoms with van der Waals surface area (Å²) in [6.45, 7) is 9.49. The number of sulfonamides is 1. The Morgan fingerprint density at radius 2 is 1.93 bits per heavy atom. The zero-order valence-electron chi connectivity index (χ0n) is 18.0. The highest BCUT2D eigenvalue weighted by Gasteiger charge is 2.18. The Bertz CT molecular complexity index is 737. The summed E-state index contributed by atoms with van der Waals surface area (Å²) >= 11 is 0. The van der Waals surface area contributed by atoms with Gasteiger partial charge < -0.3 is 15.1 Å². The average molecular weight is 425 g/mol. The maximum Gasteiger partial charge on any atom is 0.240 e. The van der Waals surface area contributed by atoms with E-state index in [-0.39, 0.29) is 5.91 Å². The number of unbranched alkanes of at least 4 members (excludes halogenated alkanes) is 1. The molecule has 1 aliphatic heterocycles. The van der Waals surface area contributed by atoms with Crippen LogP contribution >= 0.6 is 0 Å². The van der Waals surface area contributed by atoms with E-state index in [1.165, 1.54) is 7.05 Å². The third-order valence-corrected chi connectivity index (χ3v) is 6.91. The average Bonchev–Trinajstić information content (AvgIpc) is 2.72. The Morgan fingerprint density at radius 1 is 1.21 bits per heavy atom. The number of amides is 1. The molecule has 1 saturated heterocycles. The van der Waals surface area contributed by atoms with Crippen LogP contribution in [0.5, 0.6) is 0 Å². The molecule has 2 N–H and O–H groups in total. The molecule has 1 aromatic rings. The molecule has 0 spiro atoms. The van der Waals surface area contributed by atoms with E-state index in [1.54, 1.807) is 12.1 Å². The second-order valence-corrected chi connectivity index (χ2v) is 9.59. The number of hydrogen-bond acceptors (Lipinski definition) is 5. The van der Waals surface area contributed by atoms with Crippen molar-refractivity contribution in [2.24, 2.45) is 0 Å². The van der Waals surface area contributed by atoms with Gasteiger partial charge in [0.1, 0.15) is 0 Å². The fourth-order valence-electron chi connectivity index (χ4n) is 3.73. The lowest BCUT2D eigenvalue weighted by atomic mass is 10.1. The smallest absolute Gasteiger partial charge is 0.240 e. The molecule has 7 nitrogen and oxygen atoms in total. The van der Waals surface area contributed by atoms with E-state index in [0.717, 1.165) is 64.0 Å². The molecule has 2 rings (SSSR count). The first-order valence-electron chi connectivity index (χ1n) is 10.6. The number of piperazine rings is 1. The van der Waals surface area contributed by atoms with Gasteiger partial charge in [0.05, 0.1) is 11.4 Å². The minimum Gasteiger partial charge on any atom is -0.340 e. The predicted octanol–water partition coefficient (Wildman–Crippen LogP) is 1.45. The summed E-state index contributed by atoms with van der Waals surface area (Å²) < 4.78 is 26.1. The van der Waals surface area contributed by atoms with E-state index in [4.69, 9.17) is 0 Å². The third kappa shape index (κ3) is 7.37. The topological polar surface area (TPSA) is 81.8 Å². The summed E-state index contributed by atoms with van der Waals surface area (Å²) in [7, 11) is -1.97. The van der Waals surface area contributed by atoms with Crippen LogP contribution in [0.25, 0.3) is 0 Å². The number of rotatable bonds is 12. The van der Waals surface area contributed by atoms with E-state index >= 15 is 0 Å². The monoisotopic (exact) mass is 424 g/mol. The van der Waals surface area contributed by atoms with Crippen LogP contribution in [0.15, 0.2) is 29.2 Å². The molecular weight excluding hydrogens is 388 g/mol. The van der Waals surface area contributed by atoms with Gasteiger partial charge in [-0.3, -0.25) is 4.79 Å². The van der Waals surface area contributed by atoms with Crippen LogP contribution in [0.3, 0.4) is 0 Å². The zero-order chi connectivity index (χ0) is 21.3. The van der Waals surface area contributed by atoms with Crippen LogP contribution < -0.4 is 10.0 Å². The van der Waals surface area contributed by atoms with Crippen molar-refractivity contribution in [2.45, 2.75) is 50.5 Å². The first-order valence-corrected chi connectivity index (χ1v) is 12.1. The molecular formula is C21H36N4O3S. The van der Waals surface area contributed by atoms with Gasteiger partial charge in [-0.2, -0.15) is 0 Å². The second-order valence-electron chi connectivity index (χ2n) is 7.71. The van der Waals surface area contributed by atoms with Gasteiger partial charge in [-0.1, -0.05) is 19.1 Å². The van der Waals surface area contributed by atoms with Crippen LogP contribution in [0.2, 0.25) is 0 Å². The molecule has 0 aromatic heterocycles. The fraction of sp³-hybridized carbons (Fsp3) is 0.667. The molecule has 1 heterocycles. The van der Waals surface area contributed by atoms with Gasteiger partial charge in [0.2, 0.25) is 15.9 Å². The van der Waals surface area contributed by atoms with E-state index < -0.39 is 10.0 Å². The van der Waals surface area contributed by atoms with Gasteiger partial charge in [0, 0.05) is 25.7 Å². The summed E-state index contributed by atoms with van der Waals surface area (Å²) in [5.74, 6) is 0.207. The second kappa shape index (κ2) is 11.6. The fourth-order valence-corrected chi connectivity index (χ4v) is 4.46. The normalized spacial score (nSPS) is 16.4. The van der Waals surface area contributed by atoms with Crippen LogP contribution in [-0.2, 0) is 21.2 Å². The van der Waals surface area contributed by atoms with Crippen molar-refractivity contribution in [3.8, 4) is 0 Å². The SMILES string of the molecule is CCCN(CCCCN1CCNCC1=O)C(C)Cc1ccc(S(=O)(=O)NC)cc1. The van der Waals surface area contributed by atoms with E-state index in [2.05, 4.69) is 28.8 Å². The highest BCUT2D eigenvalue weighted by atomic mass is 32.2. The van der Waals surface area contributed by atoms with Gasteiger partial charge in [0.25, 0.3) is 0 Å². The lowest BCUT2D eigenvalue weighted by Gasteiger charge is -2.30. The van der Waals surface area contributed by atoms with Crippen molar-refractivity contribution in [3.05, 3.63) is 29.8 Å². The Hall–Kier alpha value is -1.48. The molecule has 0 bridgehead atoms. The summed E-state index contributed by atoms with van der Waals surface area (Å²) in [6.07, 6.45) is 4.08. The van der Waals surface area contributed by atoms with Crippen molar-refractivity contribution >= 4 is 15.9 Å². The number of nitrogens with zero attached hydrogens (tertiary/aromatic N) is 2. The van der Waals surface area contributed by atoms with Gasteiger partial charge in [-0.05, 0) is 70.4 Å². The summed E-state index contributed by atoms with van der Waals surface area (Å²) in [5.41, 5.74) is 1.14. The van der Waals surface area contributed by atoms with Crippen LogP contribution in [0.4, 0.5) is 0 Å². The van der Waals surface area contributed by atoms with Crippen molar-refractivity contribution in [1.82, 2.24) is 19.8 Å². The van der Waals surface area contributed by atoms with Crippen molar-refractivity contribution in [1.29, 1.82) is 0 Å². The molecule has 1 atom stereocenters. The number of benzene rings is 1. The van der Waals surface area contributed by atoms with Crippen LogP contribution in [0, 0.1) is 0 Å². The lowest BCUT2D eigenvalue weighted by Crippen LogP contribution is -2.48. The van der Waals surface area contributed by atoms with E-state index in [1.807, 2.05) is 17.0 Å². The molecule has 0 radical (unpaired) electrons. The minimum absolute atomic E-state index is 0.207. The largest absolute Gasteiger partial charge is 0.340 e. The lowest BCUT2D eigenvalue weighted by molar-refractivity contribution is -0.131. The molecule has 164 valence electrons. The zero-order valence-corrected chi connectivity index (χ0v) is 18.8. The first-order chi connectivity index (χ1) is 13.9. The number of carbonyl (C=O) groups excluding carboxylic acids is 1. The molecule has 8 heteroatoms. The Labute approximate surface area is 175 Å². The van der Waals surface area contributed by atoms with Gasteiger partial charge in [0.15, 0.2) is 0 Å². The maximum absolute atomic E-state index is 11.9. The highest BCUT2D eigenvalue weighted by molar-refractivity contribution is 7.89. The number of nitrogens with one attached hydrogen (secondary N) is 2. The molecule has 1 fully saturated rings. The minimum atomic E-state index is -3.39. The third-order valence-electron chi connectivity index (χ3n) is 5.48. The van der Waals surface area contributed by atoms with E-state index in [9.17, 15) is 13.2 Å². The van der Waals surface area contributed by atoms with Gasteiger partial charge in [-0.25, -0.2) is 13.1 Å². The highest BCUT2D eigenvalue weighted by Crippen LogP contribution is 2.14.